The summed E-state index contributed by atoms with van der Waals surface area (Å²) < 4.78 is 0. The van der Waals surface area contributed by atoms with Crippen LogP contribution < -0.4 is 10.2 Å². The van der Waals surface area contributed by atoms with Gasteiger partial charge in [0.05, 0.1) is 0 Å². The lowest BCUT2D eigenvalue weighted by Gasteiger charge is -2.29. The summed E-state index contributed by atoms with van der Waals surface area (Å²) in [6, 6.07) is 6.39. The first-order valence-electron chi connectivity index (χ1n) is 6.44. The quantitative estimate of drug-likeness (QED) is 0.797. The largest absolute Gasteiger partial charge is 0.316 e. The lowest BCUT2D eigenvalue weighted by atomic mass is 9.98. The minimum Gasteiger partial charge on any atom is -0.316 e. The molecule has 0 unspecified atom stereocenters. The van der Waals surface area contributed by atoms with Crippen LogP contribution in [0.4, 0.5) is 5.69 Å². The van der Waals surface area contributed by atoms with Crippen molar-refractivity contribution in [3.05, 3.63) is 29.3 Å². The van der Waals surface area contributed by atoms with Crippen molar-refractivity contribution in [1.82, 2.24) is 5.32 Å². The average molecular weight is 264 g/mol. The third kappa shape index (κ3) is 2.87. The normalized spacial score (nSPS) is 14.8. The molecular formula is C14H20N2OS. The molecule has 0 saturated heterocycles. The third-order valence-corrected chi connectivity index (χ3v) is 3.58. The molecule has 4 heteroatoms. The van der Waals surface area contributed by atoms with E-state index in [-0.39, 0.29) is 5.91 Å². The summed E-state index contributed by atoms with van der Waals surface area (Å²) >= 11 is 4.22. The molecule has 18 heavy (non-hydrogen) atoms. The van der Waals surface area contributed by atoms with Gasteiger partial charge in [-0.05, 0) is 42.8 Å². The van der Waals surface area contributed by atoms with Crippen molar-refractivity contribution in [3.63, 3.8) is 0 Å². The topological polar surface area (TPSA) is 32.3 Å². The van der Waals surface area contributed by atoms with Gasteiger partial charge in [0, 0.05) is 25.2 Å². The maximum absolute atomic E-state index is 12.0. The van der Waals surface area contributed by atoms with Crippen LogP contribution in [-0.2, 0) is 17.8 Å². The molecule has 3 nitrogen and oxygen atoms in total. The fourth-order valence-electron chi connectivity index (χ4n) is 2.40. The molecule has 1 aliphatic heterocycles. The number of carbonyl (C=O) groups excluding carboxylic acids is 1. The number of anilines is 1. The zero-order chi connectivity index (χ0) is 13.0. The van der Waals surface area contributed by atoms with Crippen molar-refractivity contribution >= 4 is 24.2 Å². The predicted molar refractivity (Wildman–Crippen MR) is 78.3 cm³/mol. The van der Waals surface area contributed by atoms with Gasteiger partial charge in [0.2, 0.25) is 5.91 Å². The number of carbonyl (C=O) groups is 1. The zero-order valence-electron chi connectivity index (χ0n) is 10.8. The van der Waals surface area contributed by atoms with E-state index in [1.165, 1.54) is 11.1 Å². The molecule has 0 bridgehead atoms. The van der Waals surface area contributed by atoms with Gasteiger partial charge < -0.3 is 10.2 Å². The van der Waals surface area contributed by atoms with E-state index in [1.807, 2.05) is 11.9 Å². The van der Waals surface area contributed by atoms with Crippen LogP contribution in [-0.4, -0.2) is 25.3 Å². The Morgan fingerprint density at radius 2 is 2.22 bits per heavy atom. The summed E-state index contributed by atoms with van der Waals surface area (Å²) in [5.74, 6) is 1.06. The molecule has 98 valence electrons. The van der Waals surface area contributed by atoms with Crippen molar-refractivity contribution < 1.29 is 4.79 Å². The molecular weight excluding hydrogens is 244 g/mol. The van der Waals surface area contributed by atoms with E-state index in [0.29, 0.717) is 6.42 Å². The number of benzene rings is 1. The van der Waals surface area contributed by atoms with Gasteiger partial charge in [-0.25, -0.2) is 0 Å². The van der Waals surface area contributed by atoms with Gasteiger partial charge in [-0.15, -0.1) is 0 Å². The van der Waals surface area contributed by atoms with Gasteiger partial charge in [-0.3, -0.25) is 4.79 Å². The van der Waals surface area contributed by atoms with E-state index < -0.39 is 0 Å². The van der Waals surface area contributed by atoms with Crippen molar-refractivity contribution in [1.29, 1.82) is 0 Å². The Kier molecular flexibility index (Phi) is 4.66. The number of rotatable bonds is 5. The molecule has 0 aromatic heterocycles. The first-order valence-corrected chi connectivity index (χ1v) is 7.07. The molecule has 0 atom stereocenters. The van der Waals surface area contributed by atoms with Crippen LogP contribution >= 0.6 is 12.6 Å². The molecule has 1 N–H and O–H groups in total. The van der Waals surface area contributed by atoms with Crippen molar-refractivity contribution in [3.8, 4) is 0 Å². The molecule has 0 radical (unpaired) electrons. The maximum atomic E-state index is 12.0. The van der Waals surface area contributed by atoms with Crippen LogP contribution in [0.25, 0.3) is 0 Å². The highest BCUT2D eigenvalue weighted by Crippen LogP contribution is 2.28. The summed E-state index contributed by atoms with van der Waals surface area (Å²) in [7, 11) is 1.95. The summed E-state index contributed by atoms with van der Waals surface area (Å²) in [5, 5.41) is 3.15. The predicted octanol–water partition coefficient (Wildman–Crippen LogP) is 2.01. The summed E-state index contributed by atoms with van der Waals surface area (Å²) in [5.41, 5.74) is 3.66. The first kappa shape index (κ1) is 13.4. The second-order valence-corrected chi connectivity index (χ2v) is 5.06. The average Bonchev–Trinajstić information content (AvgIpc) is 2.38. The molecule has 1 heterocycles. The second-order valence-electron chi connectivity index (χ2n) is 4.62. The first-order chi connectivity index (χ1) is 8.76. The fourth-order valence-corrected chi connectivity index (χ4v) is 2.54. The van der Waals surface area contributed by atoms with Crippen LogP contribution in [0.15, 0.2) is 18.2 Å². The minimum atomic E-state index is 0.241. The monoisotopic (exact) mass is 264 g/mol. The number of amides is 1. The van der Waals surface area contributed by atoms with Gasteiger partial charge >= 0.3 is 0 Å². The molecule has 1 amide bonds. The highest BCUT2D eigenvalue weighted by molar-refractivity contribution is 7.80. The Morgan fingerprint density at radius 3 is 2.94 bits per heavy atom. The zero-order valence-corrected chi connectivity index (χ0v) is 11.7. The number of thiol groups is 1. The van der Waals surface area contributed by atoms with Gasteiger partial charge in [0.15, 0.2) is 0 Å². The summed E-state index contributed by atoms with van der Waals surface area (Å²) in [6.07, 6.45) is 2.43. The van der Waals surface area contributed by atoms with E-state index in [1.54, 1.807) is 0 Å². The van der Waals surface area contributed by atoms with Gasteiger partial charge in [-0.1, -0.05) is 12.1 Å². The molecule has 2 rings (SSSR count). The van der Waals surface area contributed by atoms with Crippen molar-refractivity contribution in [2.24, 2.45) is 0 Å². The molecule has 1 aromatic rings. The Labute approximate surface area is 114 Å². The van der Waals surface area contributed by atoms with E-state index >= 15 is 0 Å². The van der Waals surface area contributed by atoms with Crippen LogP contribution in [0, 0.1) is 0 Å². The van der Waals surface area contributed by atoms with Crippen molar-refractivity contribution in [2.45, 2.75) is 25.8 Å². The Bertz CT molecular complexity index is 434. The number of aryl methyl sites for hydroxylation is 1. The summed E-state index contributed by atoms with van der Waals surface area (Å²) in [6.45, 7) is 1.65. The SMILES string of the molecule is CNCc1ccc2c(c1)CCC(=O)N2CCCS. The third-order valence-electron chi connectivity index (χ3n) is 3.26. The Morgan fingerprint density at radius 1 is 1.39 bits per heavy atom. The van der Waals surface area contributed by atoms with Crippen LogP contribution in [0.1, 0.15) is 24.0 Å². The van der Waals surface area contributed by atoms with Gasteiger partial charge in [0.25, 0.3) is 0 Å². The maximum Gasteiger partial charge on any atom is 0.227 e. The number of nitrogens with one attached hydrogen (secondary N) is 1. The Balaban J connectivity index is 2.24. The lowest BCUT2D eigenvalue weighted by molar-refractivity contribution is -0.118. The molecule has 1 aliphatic rings. The molecule has 0 fully saturated rings. The van der Waals surface area contributed by atoms with E-state index in [9.17, 15) is 4.79 Å². The molecule has 1 aromatic carbocycles. The van der Waals surface area contributed by atoms with Crippen LogP contribution in [0.2, 0.25) is 0 Å². The molecule has 0 spiro atoms. The number of fused-ring (bicyclic) bond motifs is 1. The number of hydrogen-bond donors (Lipinski definition) is 2. The minimum absolute atomic E-state index is 0.241. The van der Waals surface area contributed by atoms with E-state index in [0.717, 1.165) is 37.4 Å². The molecule has 0 saturated carbocycles. The van der Waals surface area contributed by atoms with Gasteiger partial charge in [-0.2, -0.15) is 12.6 Å². The van der Waals surface area contributed by atoms with Crippen LogP contribution in [0.3, 0.4) is 0 Å². The number of hydrogen-bond acceptors (Lipinski definition) is 3. The van der Waals surface area contributed by atoms with Gasteiger partial charge in [0.1, 0.15) is 0 Å². The van der Waals surface area contributed by atoms with Crippen LogP contribution in [0.5, 0.6) is 0 Å². The van der Waals surface area contributed by atoms with E-state index in [2.05, 4.69) is 36.1 Å². The standard InChI is InChI=1S/C14H20N2OS/c1-15-10-11-3-5-13-12(9-11)4-6-14(17)16(13)7-2-8-18/h3,5,9,15,18H,2,4,6-8,10H2,1H3. The smallest absolute Gasteiger partial charge is 0.227 e. The number of nitrogens with zero attached hydrogens (tertiary/aromatic N) is 1. The molecule has 0 aliphatic carbocycles. The summed E-state index contributed by atoms with van der Waals surface area (Å²) in [4.78, 5) is 13.9. The highest BCUT2D eigenvalue weighted by Gasteiger charge is 2.23. The fraction of sp³-hybridized carbons (Fsp3) is 0.500. The van der Waals surface area contributed by atoms with E-state index in [4.69, 9.17) is 0 Å². The lowest BCUT2D eigenvalue weighted by Crippen LogP contribution is -2.36. The Hall–Kier alpha value is -1.00. The highest BCUT2D eigenvalue weighted by atomic mass is 32.1. The van der Waals surface area contributed by atoms with Crippen molar-refractivity contribution in [2.75, 3.05) is 24.2 Å². The second kappa shape index (κ2) is 6.25.